The number of benzene rings is 1. The summed E-state index contributed by atoms with van der Waals surface area (Å²) in [6.45, 7) is 1.21. The van der Waals surface area contributed by atoms with E-state index in [0.717, 1.165) is 38.5 Å². The molecule has 0 aromatic heterocycles. The Morgan fingerprint density at radius 2 is 1.73 bits per heavy atom. The fourth-order valence-corrected chi connectivity index (χ4v) is 3.99. The summed E-state index contributed by atoms with van der Waals surface area (Å²) in [4.78, 5) is 14.9. The zero-order valence-electron chi connectivity index (χ0n) is 14.6. The number of nitrogen functional groups attached to an aromatic ring is 1. The molecule has 0 radical (unpaired) electrons. The second-order valence-corrected chi connectivity index (χ2v) is 7.39. The van der Waals surface area contributed by atoms with Gasteiger partial charge in [0.1, 0.15) is 5.69 Å². The number of carboxylic acids is 1. The molecular formula is C19H23F2N3O2. The van der Waals surface area contributed by atoms with Gasteiger partial charge >= 0.3 is 5.97 Å². The standard InChI is InChI=1S/C19H23F2N3O2/c20-14-16(22)13-9-11(19(25)26)10-24(12-5-6-12)17(13)15(21)18(14)23-7-3-1-2-4-8-23/h10,12H,1-9,22H2,(H,25,26). The minimum atomic E-state index is -1.09. The number of nitrogens with zero attached hydrogens (tertiary/aromatic N) is 2. The first-order chi connectivity index (χ1) is 12.5. The first kappa shape index (κ1) is 17.1. The Bertz CT molecular complexity index is 782. The van der Waals surface area contributed by atoms with Crippen molar-refractivity contribution in [3.8, 4) is 0 Å². The van der Waals surface area contributed by atoms with Crippen molar-refractivity contribution in [1.82, 2.24) is 0 Å². The maximum atomic E-state index is 15.5. The van der Waals surface area contributed by atoms with E-state index < -0.39 is 17.6 Å². The van der Waals surface area contributed by atoms with Crippen LogP contribution in [0.15, 0.2) is 11.8 Å². The number of hydrogen-bond acceptors (Lipinski definition) is 4. The van der Waals surface area contributed by atoms with Gasteiger partial charge in [0.05, 0.1) is 16.9 Å². The second-order valence-electron chi connectivity index (χ2n) is 7.39. The summed E-state index contributed by atoms with van der Waals surface area (Å²) in [6, 6.07) is 0.0553. The fraction of sp³-hybridized carbons (Fsp3) is 0.526. The molecule has 26 heavy (non-hydrogen) atoms. The first-order valence-electron chi connectivity index (χ1n) is 9.25. The van der Waals surface area contributed by atoms with E-state index in [-0.39, 0.29) is 40.7 Å². The van der Waals surface area contributed by atoms with E-state index in [1.54, 1.807) is 9.80 Å². The van der Waals surface area contributed by atoms with Gasteiger partial charge in [0, 0.05) is 37.3 Å². The average Bonchev–Trinajstić information content (AvgIpc) is 3.46. The van der Waals surface area contributed by atoms with Crippen LogP contribution in [0.4, 0.5) is 25.8 Å². The molecular weight excluding hydrogens is 340 g/mol. The average molecular weight is 363 g/mol. The molecule has 3 N–H and O–H groups in total. The van der Waals surface area contributed by atoms with E-state index in [9.17, 15) is 9.90 Å². The lowest BCUT2D eigenvalue weighted by molar-refractivity contribution is -0.132. The van der Waals surface area contributed by atoms with E-state index in [1.807, 2.05) is 0 Å². The molecule has 5 nitrogen and oxygen atoms in total. The number of anilines is 3. The van der Waals surface area contributed by atoms with Crippen LogP contribution in [0.5, 0.6) is 0 Å². The van der Waals surface area contributed by atoms with Crippen LogP contribution in [-0.2, 0) is 11.2 Å². The van der Waals surface area contributed by atoms with Gasteiger partial charge in [0.2, 0.25) is 0 Å². The third kappa shape index (κ3) is 2.79. The van der Waals surface area contributed by atoms with E-state index in [1.165, 1.54) is 6.20 Å². The Morgan fingerprint density at radius 1 is 1.08 bits per heavy atom. The molecule has 0 spiro atoms. The Labute approximate surface area is 151 Å². The molecule has 7 heteroatoms. The number of aliphatic carboxylic acids is 1. The predicted molar refractivity (Wildman–Crippen MR) is 96.4 cm³/mol. The molecule has 0 atom stereocenters. The molecule has 0 unspecified atom stereocenters. The van der Waals surface area contributed by atoms with Gasteiger partial charge in [-0.1, -0.05) is 12.8 Å². The lowest BCUT2D eigenvalue weighted by atomic mass is 9.95. The number of rotatable bonds is 3. The minimum Gasteiger partial charge on any atom is -0.478 e. The van der Waals surface area contributed by atoms with E-state index in [0.29, 0.717) is 13.1 Å². The monoisotopic (exact) mass is 363 g/mol. The van der Waals surface area contributed by atoms with Crippen molar-refractivity contribution >= 4 is 23.0 Å². The predicted octanol–water partition coefficient (Wildman–Crippen LogP) is 3.42. The first-order valence-corrected chi connectivity index (χ1v) is 9.25. The molecule has 1 aromatic rings. The summed E-state index contributed by atoms with van der Waals surface area (Å²) in [5.74, 6) is -2.45. The van der Waals surface area contributed by atoms with Crippen LogP contribution in [0.2, 0.25) is 0 Å². The third-order valence-corrected chi connectivity index (χ3v) is 5.53. The zero-order valence-corrected chi connectivity index (χ0v) is 14.6. The number of carbonyl (C=O) groups is 1. The summed E-state index contributed by atoms with van der Waals surface area (Å²) < 4.78 is 30.6. The van der Waals surface area contributed by atoms with E-state index >= 15 is 8.78 Å². The lowest BCUT2D eigenvalue weighted by Crippen LogP contribution is -2.32. The number of fused-ring (bicyclic) bond motifs is 1. The maximum absolute atomic E-state index is 15.5. The highest BCUT2D eigenvalue weighted by Crippen LogP contribution is 2.46. The summed E-state index contributed by atoms with van der Waals surface area (Å²) in [5.41, 5.74) is 6.49. The van der Waals surface area contributed by atoms with Crippen molar-refractivity contribution in [2.75, 3.05) is 28.6 Å². The van der Waals surface area contributed by atoms with E-state index in [2.05, 4.69) is 0 Å². The normalized spacial score (nSPS) is 20.5. The maximum Gasteiger partial charge on any atom is 0.333 e. The SMILES string of the molecule is Nc1c(F)c(N2CCCCCC2)c(F)c2c1CC(C(=O)O)=CN2C1CC1. The zero-order chi connectivity index (χ0) is 18.4. The van der Waals surface area contributed by atoms with Gasteiger partial charge in [0.15, 0.2) is 11.6 Å². The Kier molecular flexibility index (Phi) is 4.25. The number of carboxylic acid groups (broad SMARTS) is 1. The Balaban J connectivity index is 1.85. The fourth-order valence-electron chi connectivity index (χ4n) is 3.99. The van der Waals surface area contributed by atoms with Crippen molar-refractivity contribution in [1.29, 1.82) is 0 Å². The summed E-state index contributed by atoms with van der Waals surface area (Å²) >= 11 is 0. The smallest absolute Gasteiger partial charge is 0.333 e. The minimum absolute atomic E-state index is 0.0547. The molecule has 4 rings (SSSR count). The van der Waals surface area contributed by atoms with Crippen LogP contribution in [0.3, 0.4) is 0 Å². The molecule has 1 saturated heterocycles. The van der Waals surface area contributed by atoms with Crippen LogP contribution in [-0.4, -0.2) is 30.2 Å². The molecule has 2 fully saturated rings. The van der Waals surface area contributed by atoms with Crippen molar-refractivity contribution < 1.29 is 18.7 Å². The highest BCUT2D eigenvalue weighted by atomic mass is 19.1. The van der Waals surface area contributed by atoms with Gasteiger partial charge in [-0.05, 0) is 25.7 Å². The van der Waals surface area contributed by atoms with Crippen molar-refractivity contribution in [3.63, 3.8) is 0 Å². The topological polar surface area (TPSA) is 69.8 Å². The number of halogens is 2. The molecule has 3 aliphatic rings. The van der Waals surface area contributed by atoms with Gasteiger partial charge in [-0.2, -0.15) is 0 Å². The van der Waals surface area contributed by atoms with Crippen LogP contribution in [0.25, 0.3) is 0 Å². The quantitative estimate of drug-likeness (QED) is 0.806. The summed E-state index contributed by atoms with van der Waals surface area (Å²) in [6.07, 6.45) is 7.05. The molecule has 140 valence electrons. The van der Waals surface area contributed by atoms with Gasteiger partial charge in [-0.3, -0.25) is 0 Å². The van der Waals surface area contributed by atoms with E-state index in [4.69, 9.17) is 5.73 Å². The van der Waals surface area contributed by atoms with Gasteiger partial charge < -0.3 is 20.6 Å². The second kappa shape index (κ2) is 6.45. The van der Waals surface area contributed by atoms with Crippen LogP contribution < -0.4 is 15.5 Å². The molecule has 1 saturated carbocycles. The van der Waals surface area contributed by atoms with Crippen LogP contribution in [0.1, 0.15) is 44.1 Å². The van der Waals surface area contributed by atoms with Gasteiger partial charge in [-0.15, -0.1) is 0 Å². The number of nitrogens with two attached hydrogens (primary N) is 1. The molecule has 2 heterocycles. The summed E-state index contributed by atoms with van der Waals surface area (Å²) in [5, 5.41) is 9.37. The van der Waals surface area contributed by atoms with Gasteiger partial charge in [0.25, 0.3) is 0 Å². The van der Waals surface area contributed by atoms with Gasteiger partial charge in [-0.25, -0.2) is 13.6 Å². The lowest BCUT2D eigenvalue weighted by Gasteiger charge is -2.33. The largest absolute Gasteiger partial charge is 0.478 e. The summed E-state index contributed by atoms with van der Waals surface area (Å²) in [7, 11) is 0. The number of hydrogen-bond donors (Lipinski definition) is 2. The Morgan fingerprint density at radius 3 is 2.31 bits per heavy atom. The molecule has 1 aromatic carbocycles. The molecule has 0 bridgehead atoms. The molecule has 0 amide bonds. The Hall–Kier alpha value is -2.31. The highest BCUT2D eigenvalue weighted by molar-refractivity contribution is 5.91. The van der Waals surface area contributed by atoms with Crippen LogP contribution in [0, 0.1) is 11.6 Å². The van der Waals surface area contributed by atoms with Crippen molar-refractivity contribution in [3.05, 3.63) is 29.0 Å². The third-order valence-electron chi connectivity index (χ3n) is 5.53. The van der Waals surface area contributed by atoms with Crippen molar-refractivity contribution in [2.45, 2.75) is 51.0 Å². The molecule has 2 aliphatic heterocycles. The highest BCUT2D eigenvalue weighted by Gasteiger charge is 2.38. The van der Waals surface area contributed by atoms with Crippen LogP contribution >= 0.6 is 0 Å². The van der Waals surface area contributed by atoms with Crippen molar-refractivity contribution in [2.24, 2.45) is 0 Å². The molecule has 1 aliphatic carbocycles.